The minimum atomic E-state index is -4.55. The van der Waals surface area contributed by atoms with E-state index in [1.54, 1.807) is 13.8 Å². The van der Waals surface area contributed by atoms with Gasteiger partial charge in [0.15, 0.2) is 0 Å². The van der Waals surface area contributed by atoms with Crippen molar-refractivity contribution in [1.29, 1.82) is 5.26 Å². The highest BCUT2D eigenvalue weighted by atomic mass is 35.5. The monoisotopic (exact) mass is 247 g/mol. The second-order valence-electron chi connectivity index (χ2n) is 3.66. The highest BCUT2D eigenvalue weighted by molar-refractivity contribution is 6.32. The smallest absolute Gasteiger partial charge is 0.192 e. The number of rotatable bonds is 1. The fraction of sp³-hybridized carbons (Fsp3) is 0.364. The molecule has 0 bridgehead atoms. The van der Waals surface area contributed by atoms with Crippen LogP contribution in [0.2, 0.25) is 5.02 Å². The molecular formula is C11H9ClF3N. The molecule has 0 atom stereocenters. The van der Waals surface area contributed by atoms with E-state index < -0.39 is 17.3 Å². The van der Waals surface area contributed by atoms with Crippen molar-refractivity contribution in [3.05, 3.63) is 33.8 Å². The van der Waals surface area contributed by atoms with Gasteiger partial charge in [-0.2, -0.15) is 18.4 Å². The summed E-state index contributed by atoms with van der Waals surface area (Å²) in [4.78, 5) is 0. The second kappa shape index (κ2) is 4.34. The van der Waals surface area contributed by atoms with Crippen LogP contribution in [0.1, 0.15) is 36.5 Å². The Morgan fingerprint density at radius 3 is 2.25 bits per heavy atom. The van der Waals surface area contributed by atoms with E-state index in [4.69, 9.17) is 16.9 Å². The van der Waals surface area contributed by atoms with Crippen LogP contribution in [0.3, 0.4) is 0 Å². The molecule has 0 unspecified atom stereocenters. The molecule has 0 aliphatic heterocycles. The van der Waals surface area contributed by atoms with E-state index in [-0.39, 0.29) is 10.9 Å². The molecule has 0 spiro atoms. The van der Waals surface area contributed by atoms with Gasteiger partial charge in [-0.3, -0.25) is 0 Å². The highest BCUT2D eigenvalue weighted by Gasteiger charge is 2.35. The number of halogens is 4. The van der Waals surface area contributed by atoms with Gasteiger partial charge in [0.05, 0.1) is 16.1 Å². The molecule has 1 rings (SSSR count). The topological polar surface area (TPSA) is 23.8 Å². The van der Waals surface area contributed by atoms with Gasteiger partial charge in [0.25, 0.3) is 0 Å². The molecule has 0 N–H and O–H groups in total. The molecule has 86 valence electrons. The Hall–Kier alpha value is -1.21. The van der Waals surface area contributed by atoms with E-state index in [0.717, 1.165) is 6.07 Å². The number of alkyl halides is 3. The third-order valence-corrected chi connectivity index (χ3v) is 2.62. The summed E-state index contributed by atoms with van der Waals surface area (Å²) in [6, 6.07) is 3.73. The van der Waals surface area contributed by atoms with Crippen molar-refractivity contribution < 1.29 is 13.2 Å². The van der Waals surface area contributed by atoms with Gasteiger partial charge >= 0.3 is 6.18 Å². The maximum Gasteiger partial charge on any atom is 0.417 e. The molecule has 0 radical (unpaired) electrons. The van der Waals surface area contributed by atoms with Crippen LogP contribution >= 0.6 is 11.6 Å². The number of hydrogen-bond acceptors (Lipinski definition) is 1. The molecule has 1 aromatic carbocycles. The van der Waals surface area contributed by atoms with Crippen LogP contribution in [0.5, 0.6) is 0 Å². The zero-order chi connectivity index (χ0) is 12.5. The van der Waals surface area contributed by atoms with Crippen molar-refractivity contribution in [1.82, 2.24) is 0 Å². The van der Waals surface area contributed by atoms with Crippen molar-refractivity contribution in [2.24, 2.45) is 0 Å². The zero-order valence-corrected chi connectivity index (χ0v) is 9.45. The third-order valence-electron chi connectivity index (χ3n) is 2.21. The maximum absolute atomic E-state index is 12.5. The van der Waals surface area contributed by atoms with Crippen LogP contribution < -0.4 is 0 Å². The van der Waals surface area contributed by atoms with Gasteiger partial charge in [0.1, 0.15) is 6.07 Å². The molecule has 0 amide bonds. The molecule has 0 fully saturated rings. The SMILES string of the molecule is CC(C)c1ccc(C(F)(F)F)c(C#N)c1Cl. The van der Waals surface area contributed by atoms with E-state index in [9.17, 15) is 13.2 Å². The lowest BCUT2D eigenvalue weighted by Gasteiger charge is -2.14. The van der Waals surface area contributed by atoms with Crippen molar-refractivity contribution >= 4 is 11.6 Å². The van der Waals surface area contributed by atoms with Gasteiger partial charge in [-0.25, -0.2) is 0 Å². The van der Waals surface area contributed by atoms with Crippen LogP contribution in [-0.4, -0.2) is 0 Å². The van der Waals surface area contributed by atoms with Gasteiger partial charge in [0.2, 0.25) is 0 Å². The standard InChI is InChI=1S/C11H9ClF3N/c1-6(2)7-3-4-9(11(13,14)15)8(5-16)10(7)12/h3-4,6H,1-2H3. The Labute approximate surface area is 96.4 Å². The summed E-state index contributed by atoms with van der Waals surface area (Å²) in [6.45, 7) is 3.60. The van der Waals surface area contributed by atoms with Crippen molar-refractivity contribution in [2.75, 3.05) is 0 Å². The van der Waals surface area contributed by atoms with E-state index in [0.29, 0.717) is 5.56 Å². The molecule has 5 heteroatoms. The van der Waals surface area contributed by atoms with E-state index in [2.05, 4.69) is 0 Å². The first-order chi connectivity index (χ1) is 7.29. The molecule has 0 aliphatic carbocycles. The Balaban J connectivity index is 3.49. The van der Waals surface area contributed by atoms with Gasteiger partial charge in [-0.1, -0.05) is 31.5 Å². The van der Waals surface area contributed by atoms with Crippen molar-refractivity contribution in [2.45, 2.75) is 25.9 Å². The fourth-order valence-electron chi connectivity index (χ4n) is 1.38. The summed E-state index contributed by atoms with van der Waals surface area (Å²) in [5.74, 6) is -0.0260. The van der Waals surface area contributed by atoms with Gasteiger partial charge in [-0.15, -0.1) is 0 Å². The van der Waals surface area contributed by atoms with E-state index in [1.807, 2.05) is 0 Å². The van der Waals surface area contributed by atoms with Crippen molar-refractivity contribution in [3.63, 3.8) is 0 Å². The largest absolute Gasteiger partial charge is 0.417 e. The van der Waals surface area contributed by atoms with Crippen LogP contribution in [0.15, 0.2) is 12.1 Å². The lowest BCUT2D eigenvalue weighted by Crippen LogP contribution is -2.09. The number of benzene rings is 1. The molecule has 0 saturated carbocycles. The fourth-order valence-corrected chi connectivity index (χ4v) is 1.81. The number of nitrogens with zero attached hydrogens (tertiary/aromatic N) is 1. The van der Waals surface area contributed by atoms with E-state index >= 15 is 0 Å². The highest BCUT2D eigenvalue weighted by Crippen LogP contribution is 2.37. The summed E-state index contributed by atoms with van der Waals surface area (Å²) in [5, 5.41) is 8.63. The van der Waals surface area contributed by atoms with Crippen LogP contribution in [-0.2, 0) is 6.18 Å². The van der Waals surface area contributed by atoms with Gasteiger partial charge in [0, 0.05) is 0 Å². The average Bonchev–Trinajstić information content (AvgIpc) is 2.15. The zero-order valence-electron chi connectivity index (χ0n) is 8.69. The first kappa shape index (κ1) is 12.9. The normalized spacial score (nSPS) is 11.6. The van der Waals surface area contributed by atoms with Crippen LogP contribution in [0.4, 0.5) is 13.2 Å². The van der Waals surface area contributed by atoms with Gasteiger partial charge < -0.3 is 0 Å². The summed E-state index contributed by atoms with van der Waals surface area (Å²) < 4.78 is 37.6. The molecule has 0 aromatic heterocycles. The first-order valence-corrected chi connectivity index (χ1v) is 4.96. The molecule has 0 aliphatic rings. The van der Waals surface area contributed by atoms with Crippen LogP contribution in [0, 0.1) is 11.3 Å². The minimum Gasteiger partial charge on any atom is -0.192 e. The van der Waals surface area contributed by atoms with E-state index in [1.165, 1.54) is 12.1 Å². The lowest BCUT2D eigenvalue weighted by atomic mass is 9.97. The maximum atomic E-state index is 12.5. The Kier molecular flexibility index (Phi) is 3.49. The molecule has 1 aromatic rings. The molecular weight excluding hydrogens is 239 g/mol. The Morgan fingerprint density at radius 2 is 1.88 bits per heavy atom. The molecule has 1 nitrogen and oxygen atoms in total. The summed E-state index contributed by atoms with van der Waals surface area (Å²) in [7, 11) is 0. The predicted molar refractivity (Wildman–Crippen MR) is 55.3 cm³/mol. The second-order valence-corrected chi connectivity index (χ2v) is 4.03. The third kappa shape index (κ3) is 2.30. The predicted octanol–water partition coefficient (Wildman–Crippen LogP) is 4.35. The molecule has 0 saturated heterocycles. The average molecular weight is 248 g/mol. The molecule has 16 heavy (non-hydrogen) atoms. The lowest BCUT2D eigenvalue weighted by molar-refractivity contribution is -0.137. The summed E-state index contributed by atoms with van der Waals surface area (Å²) >= 11 is 5.79. The molecule has 0 heterocycles. The Bertz CT molecular complexity index is 444. The number of nitriles is 1. The number of hydrogen-bond donors (Lipinski definition) is 0. The quantitative estimate of drug-likeness (QED) is 0.724. The first-order valence-electron chi connectivity index (χ1n) is 4.58. The van der Waals surface area contributed by atoms with Crippen LogP contribution in [0.25, 0.3) is 0 Å². The Morgan fingerprint density at radius 1 is 1.31 bits per heavy atom. The van der Waals surface area contributed by atoms with Gasteiger partial charge in [-0.05, 0) is 17.5 Å². The summed E-state index contributed by atoms with van der Waals surface area (Å²) in [5.41, 5.74) is -0.934. The summed E-state index contributed by atoms with van der Waals surface area (Å²) in [6.07, 6.45) is -4.55. The minimum absolute atomic E-state index is 0.0260. The van der Waals surface area contributed by atoms with Crippen molar-refractivity contribution in [3.8, 4) is 6.07 Å².